The zero-order valence-corrected chi connectivity index (χ0v) is 12.5. The summed E-state index contributed by atoms with van der Waals surface area (Å²) in [7, 11) is -5.36. The van der Waals surface area contributed by atoms with Crippen molar-refractivity contribution >= 4 is 18.2 Å². The number of aliphatic hydroxyl groups is 1. The Hall–Kier alpha value is 0.0869. The van der Waals surface area contributed by atoms with E-state index < -0.39 is 18.2 Å². The highest BCUT2D eigenvalue weighted by molar-refractivity contribution is 7.91. The van der Waals surface area contributed by atoms with Gasteiger partial charge in [-0.2, -0.15) is 0 Å². The van der Waals surface area contributed by atoms with Crippen molar-refractivity contribution in [2.75, 3.05) is 18.1 Å². The molecular weight excluding hydrogens is 244 g/mol. The van der Waals surface area contributed by atoms with Gasteiger partial charge in [-0.3, -0.25) is 0 Å². The molecule has 0 aliphatic heterocycles. The molecule has 0 aliphatic rings. The Morgan fingerprint density at radius 3 is 2.06 bits per heavy atom. The lowest BCUT2D eigenvalue weighted by molar-refractivity contribution is 0.319. The summed E-state index contributed by atoms with van der Waals surface area (Å²) < 4.78 is 22.7. The molecule has 0 radical (unpaired) electrons. The molecule has 0 aromatic rings. The fraction of sp³-hybridized carbons (Fsp3) is 1.00. The minimum Gasteiger partial charge on any atom is -0.432 e. The summed E-state index contributed by atoms with van der Waals surface area (Å²) in [6, 6.07) is 0. The van der Waals surface area contributed by atoms with Crippen LogP contribution in [0.15, 0.2) is 0 Å². The van der Waals surface area contributed by atoms with E-state index in [0.29, 0.717) is 12.8 Å². The molecule has 0 saturated carbocycles. The first-order chi connectivity index (χ1) is 7.02. The van der Waals surface area contributed by atoms with E-state index >= 15 is 0 Å². The molecule has 0 heterocycles. The lowest BCUT2D eigenvalue weighted by atomic mass is 10.1. The quantitative estimate of drug-likeness (QED) is 0.679. The van der Waals surface area contributed by atoms with Crippen molar-refractivity contribution in [3.05, 3.63) is 0 Å². The number of sulfone groups is 1. The van der Waals surface area contributed by atoms with Crippen LogP contribution in [0.3, 0.4) is 0 Å². The van der Waals surface area contributed by atoms with Gasteiger partial charge in [0.15, 0.2) is 18.2 Å². The molecule has 0 rings (SSSR count). The molecule has 0 bridgehead atoms. The van der Waals surface area contributed by atoms with Gasteiger partial charge in [-0.1, -0.05) is 13.8 Å². The molecule has 98 valence electrons. The molecule has 2 N–H and O–H groups in total. The molecule has 6 heteroatoms. The molecule has 0 aromatic heterocycles. The van der Waals surface area contributed by atoms with Crippen molar-refractivity contribution in [1.82, 2.24) is 0 Å². The van der Waals surface area contributed by atoms with E-state index in [4.69, 9.17) is 5.11 Å². The third-order valence-corrected chi connectivity index (χ3v) is 8.59. The second-order valence-electron chi connectivity index (χ2n) is 5.42. The zero-order valence-electron chi connectivity index (χ0n) is 10.7. The van der Waals surface area contributed by atoms with E-state index in [-0.39, 0.29) is 23.2 Å². The normalized spacial score (nSPS) is 14.1. The van der Waals surface area contributed by atoms with E-state index in [9.17, 15) is 13.2 Å². The van der Waals surface area contributed by atoms with Gasteiger partial charge < -0.3 is 9.90 Å². The highest BCUT2D eigenvalue weighted by atomic mass is 32.2. The number of hydrogen-bond acceptors (Lipinski definition) is 4. The smallest absolute Gasteiger partial charge is 0.188 e. The highest BCUT2D eigenvalue weighted by Gasteiger charge is 2.37. The van der Waals surface area contributed by atoms with Gasteiger partial charge in [0, 0.05) is 0 Å². The third kappa shape index (κ3) is 5.43. The van der Waals surface area contributed by atoms with Crippen molar-refractivity contribution < 1.29 is 18.3 Å². The van der Waals surface area contributed by atoms with Gasteiger partial charge in [0.1, 0.15) is 0 Å². The maximum absolute atomic E-state index is 11.4. The van der Waals surface area contributed by atoms with Crippen molar-refractivity contribution in [3.8, 4) is 0 Å². The summed E-state index contributed by atoms with van der Waals surface area (Å²) in [5.74, 6) is -0.0607. The summed E-state index contributed by atoms with van der Waals surface area (Å²) in [5, 5.41) is 8.40. The topological polar surface area (TPSA) is 74.6 Å². The van der Waals surface area contributed by atoms with Crippen LogP contribution in [-0.4, -0.2) is 44.7 Å². The Bertz CT molecular complexity index is 303. The van der Waals surface area contributed by atoms with E-state index in [2.05, 4.69) is 0 Å². The van der Waals surface area contributed by atoms with Gasteiger partial charge >= 0.3 is 0 Å². The van der Waals surface area contributed by atoms with Crippen molar-refractivity contribution in [1.29, 1.82) is 0 Å². The average molecular weight is 268 g/mol. The van der Waals surface area contributed by atoms with E-state index in [1.54, 1.807) is 0 Å². The second kappa shape index (κ2) is 5.62. The van der Waals surface area contributed by atoms with Gasteiger partial charge in [-0.25, -0.2) is 8.42 Å². The SMILES string of the molecule is CC(C)(CCCS(=O)(=O)CCO)[Si](C)(C)O. The van der Waals surface area contributed by atoms with Crippen molar-refractivity contribution in [3.63, 3.8) is 0 Å². The van der Waals surface area contributed by atoms with E-state index in [1.807, 2.05) is 26.9 Å². The van der Waals surface area contributed by atoms with Gasteiger partial charge in [0.2, 0.25) is 0 Å². The first-order valence-corrected chi connectivity index (χ1v) is 10.3. The van der Waals surface area contributed by atoms with Crippen molar-refractivity contribution in [2.24, 2.45) is 0 Å². The molecule has 0 atom stereocenters. The molecule has 4 nitrogen and oxygen atoms in total. The second-order valence-corrected chi connectivity index (χ2v) is 12.2. The van der Waals surface area contributed by atoms with Crippen LogP contribution in [0.5, 0.6) is 0 Å². The monoisotopic (exact) mass is 268 g/mol. The molecule has 0 saturated heterocycles. The zero-order chi connectivity index (χ0) is 13.0. The summed E-state index contributed by atoms with van der Waals surface area (Å²) >= 11 is 0. The Kier molecular flexibility index (Phi) is 5.65. The van der Waals surface area contributed by atoms with Gasteiger partial charge in [-0.15, -0.1) is 0 Å². The molecular formula is C10H24O4SSi. The summed E-state index contributed by atoms with van der Waals surface area (Å²) in [4.78, 5) is 10.0. The van der Waals surface area contributed by atoms with Crippen LogP contribution >= 0.6 is 0 Å². The molecule has 0 aliphatic carbocycles. The first kappa shape index (κ1) is 16.1. The summed E-state index contributed by atoms with van der Waals surface area (Å²) in [6.45, 7) is 7.40. The van der Waals surface area contributed by atoms with Crippen LogP contribution in [0.25, 0.3) is 0 Å². The minimum absolute atomic E-state index is 0.0987. The van der Waals surface area contributed by atoms with Gasteiger partial charge in [0.05, 0.1) is 18.1 Å². The summed E-state index contributed by atoms with van der Waals surface area (Å²) in [5.41, 5.74) is 0. The average Bonchev–Trinajstić information content (AvgIpc) is 2.00. The largest absolute Gasteiger partial charge is 0.432 e. The Morgan fingerprint density at radius 2 is 1.69 bits per heavy atom. The Morgan fingerprint density at radius 1 is 1.19 bits per heavy atom. The van der Waals surface area contributed by atoms with Crippen LogP contribution in [0.4, 0.5) is 0 Å². The fourth-order valence-corrected chi connectivity index (χ4v) is 3.14. The molecule has 0 amide bonds. The van der Waals surface area contributed by atoms with Crippen LogP contribution in [0, 0.1) is 0 Å². The Balaban J connectivity index is 4.19. The lowest BCUT2D eigenvalue weighted by Crippen LogP contribution is -2.39. The first-order valence-electron chi connectivity index (χ1n) is 5.55. The molecule has 0 unspecified atom stereocenters. The number of rotatable bonds is 7. The lowest BCUT2D eigenvalue weighted by Gasteiger charge is -2.35. The van der Waals surface area contributed by atoms with E-state index in [1.165, 1.54) is 0 Å². The Labute approximate surface area is 99.7 Å². The maximum Gasteiger partial charge on any atom is 0.188 e. The van der Waals surface area contributed by atoms with Crippen LogP contribution in [0.2, 0.25) is 18.1 Å². The predicted molar refractivity (Wildman–Crippen MR) is 68.7 cm³/mol. The van der Waals surface area contributed by atoms with Crippen LogP contribution < -0.4 is 0 Å². The number of hydrogen-bond donors (Lipinski definition) is 2. The van der Waals surface area contributed by atoms with E-state index in [0.717, 1.165) is 0 Å². The highest BCUT2D eigenvalue weighted by Crippen LogP contribution is 2.39. The predicted octanol–water partition coefficient (Wildman–Crippen LogP) is 1.15. The minimum atomic E-state index is -3.12. The van der Waals surface area contributed by atoms with Crippen molar-refractivity contribution in [2.45, 2.75) is 44.8 Å². The molecule has 16 heavy (non-hydrogen) atoms. The summed E-state index contributed by atoms with van der Waals surface area (Å²) in [6.07, 6.45) is 1.25. The maximum atomic E-state index is 11.4. The van der Waals surface area contributed by atoms with Gasteiger partial charge in [0.25, 0.3) is 0 Å². The molecule has 0 aromatic carbocycles. The van der Waals surface area contributed by atoms with Crippen LogP contribution in [-0.2, 0) is 9.84 Å². The number of aliphatic hydroxyl groups excluding tert-OH is 1. The van der Waals surface area contributed by atoms with Gasteiger partial charge in [-0.05, 0) is 31.0 Å². The molecule has 0 spiro atoms. The third-order valence-electron chi connectivity index (χ3n) is 3.32. The van der Waals surface area contributed by atoms with Crippen LogP contribution in [0.1, 0.15) is 26.7 Å². The standard InChI is InChI=1S/C10H24O4SSi/c1-10(2,16(3,4)14)6-5-8-15(12,13)9-7-11/h11,14H,5-9H2,1-4H3. The fourth-order valence-electron chi connectivity index (χ4n) is 1.28. The molecule has 0 fully saturated rings.